The normalized spacial score (nSPS) is 13.0. The topological polar surface area (TPSA) is 26.0 Å². The highest BCUT2D eigenvalue weighted by Gasteiger charge is 2.12. The van der Waals surface area contributed by atoms with Gasteiger partial charge in [0.25, 0.3) is 0 Å². The number of hydrogen-bond acceptors (Lipinski definition) is 1. The molecule has 2 N–H and O–H groups in total. The van der Waals surface area contributed by atoms with Crippen molar-refractivity contribution in [2.45, 2.75) is 19.4 Å². The summed E-state index contributed by atoms with van der Waals surface area (Å²) in [5.74, 6) is 0. The highest BCUT2D eigenvalue weighted by molar-refractivity contribution is 6.48. The zero-order valence-corrected chi connectivity index (χ0v) is 9.42. The molecule has 0 unspecified atom stereocenters. The molecule has 0 heterocycles. The lowest BCUT2D eigenvalue weighted by Gasteiger charge is -2.12. The number of hydrogen-bond donors (Lipinski definition) is 1. The Morgan fingerprint density at radius 2 is 1.85 bits per heavy atom. The van der Waals surface area contributed by atoms with Gasteiger partial charge in [-0.15, -0.1) is 0 Å². The van der Waals surface area contributed by atoms with Crippen molar-refractivity contribution >= 4 is 34.8 Å². The first-order valence-corrected chi connectivity index (χ1v) is 5.10. The van der Waals surface area contributed by atoms with Gasteiger partial charge in [-0.3, -0.25) is 0 Å². The van der Waals surface area contributed by atoms with Crippen LogP contribution in [0, 0.1) is 0 Å². The number of halogens is 3. The molecule has 1 nitrogen and oxygen atoms in total. The van der Waals surface area contributed by atoms with E-state index >= 15 is 0 Å². The second kappa shape index (κ2) is 4.52. The van der Waals surface area contributed by atoms with Crippen molar-refractivity contribution in [3.8, 4) is 0 Å². The van der Waals surface area contributed by atoms with Gasteiger partial charge < -0.3 is 5.73 Å². The van der Waals surface area contributed by atoms with Crippen LogP contribution in [0.15, 0.2) is 12.1 Å². The van der Waals surface area contributed by atoms with Crippen LogP contribution in [0.3, 0.4) is 0 Å². The molecule has 0 amide bonds. The summed E-state index contributed by atoms with van der Waals surface area (Å²) >= 11 is 17.6. The summed E-state index contributed by atoms with van der Waals surface area (Å²) in [6, 6.07) is 3.44. The fraction of sp³-hybridized carbons (Fsp3) is 0.333. The molecule has 0 fully saturated rings. The molecule has 0 aromatic heterocycles. The van der Waals surface area contributed by atoms with E-state index in [1.807, 2.05) is 13.0 Å². The lowest BCUT2D eigenvalue weighted by molar-refractivity contribution is 0.699. The minimum atomic E-state index is -0.0812. The molecule has 0 bridgehead atoms. The molecule has 1 aromatic carbocycles. The fourth-order valence-corrected chi connectivity index (χ4v) is 1.73. The van der Waals surface area contributed by atoms with E-state index in [-0.39, 0.29) is 6.04 Å². The number of benzene rings is 1. The summed E-state index contributed by atoms with van der Waals surface area (Å²) in [6.45, 7) is 1.99. The van der Waals surface area contributed by atoms with E-state index in [1.165, 1.54) is 0 Å². The summed E-state index contributed by atoms with van der Waals surface area (Å²) < 4.78 is 0. The van der Waals surface area contributed by atoms with Crippen molar-refractivity contribution in [2.24, 2.45) is 5.73 Å². The van der Waals surface area contributed by atoms with Gasteiger partial charge in [-0.2, -0.15) is 0 Å². The lowest BCUT2D eigenvalue weighted by atomic mass is 10.1. The van der Waals surface area contributed by atoms with Crippen LogP contribution in [-0.4, -0.2) is 0 Å². The van der Waals surface area contributed by atoms with Crippen LogP contribution in [0.2, 0.25) is 15.1 Å². The molecule has 0 aliphatic carbocycles. The van der Waals surface area contributed by atoms with Gasteiger partial charge in [-0.25, -0.2) is 0 Å². The van der Waals surface area contributed by atoms with Crippen LogP contribution in [0.1, 0.15) is 24.9 Å². The second-order valence-electron chi connectivity index (χ2n) is 2.78. The molecule has 0 saturated carbocycles. The Hall–Kier alpha value is 0.0500. The largest absolute Gasteiger partial charge is 0.324 e. The van der Waals surface area contributed by atoms with E-state index in [4.69, 9.17) is 40.5 Å². The van der Waals surface area contributed by atoms with Crippen LogP contribution < -0.4 is 5.73 Å². The molecule has 0 aliphatic rings. The van der Waals surface area contributed by atoms with Gasteiger partial charge in [0, 0.05) is 6.04 Å². The van der Waals surface area contributed by atoms with Crippen molar-refractivity contribution in [2.75, 3.05) is 0 Å². The molecule has 1 atom stereocenters. The molecule has 1 aromatic rings. The zero-order chi connectivity index (χ0) is 10.0. The molecule has 0 spiro atoms. The maximum Gasteiger partial charge on any atom is 0.0781 e. The molecule has 4 heteroatoms. The summed E-state index contributed by atoms with van der Waals surface area (Å²) in [5.41, 5.74) is 6.67. The van der Waals surface area contributed by atoms with Crippen LogP contribution >= 0.6 is 34.8 Å². The minimum absolute atomic E-state index is 0.0812. The first kappa shape index (κ1) is 11.1. The smallest absolute Gasteiger partial charge is 0.0781 e. The average Bonchev–Trinajstić information content (AvgIpc) is 2.13. The van der Waals surface area contributed by atoms with E-state index in [0.717, 1.165) is 12.0 Å². The summed E-state index contributed by atoms with van der Waals surface area (Å²) in [4.78, 5) is 0. The van der Waals surface area contributed by atoms with Crippen molar-refractivity contribution < 1.29 is 0 Å². The van der Waals surface area contributed by atoms with Gasteiger partial charge in [0.2, 0.25) is 0 Å². The lowest BCUT2D eigenvalue weighted by Crippen LogP contribution is -2.09. The molecule has 0 aliphatic heterocycles. The van der Waals surface area contributed by atoms with Crippen LogP contribution in [0.25, 0.3) is 0 Å². The highest BCUT2D eigenvalue weighted by atomic mass is 35.5. The Kier molecular flexibility index (Phi) is 3.87. The Morgan fingerprint density at radius 1 is 1.23 bits per heavy atom. The van der Waals surface area contributed by atoms with Gasteiger partial charge >= 0.3 is 0 Å². The van der Waals surface area contributed by atoms with Gasteiger partial charge in [0.15, 0.2) is 0 Å². The summed E-state index contributed by atoms with van der Waals surface area (Å²) in [5, 5.41) is 1.30. The zero-order valence-electron chi connectivity index (χ0n) is 7.15. The third-order valence-electron chi connectivity index (χ3n) is 1.90. The van der Waals surface area contributed by atoms with E-state index in [9.17, 15) is 0 Å². The van der Waals surface area contributed by atoms with Gasteiger partial charge in [0.1, 0.15) is 0 Å². The van der Waals surface area contributed by atoms with Crippen LogP contribution in [0.5, 0.6) is 0 Å². The fourth-order valence-electron chi connectivity index (χ4n) is 1.05. The first-order chi connectivity index (χ1) is 6.07. The molecule has 0 radical (unpaired) electrons. The summed E-state index contributed by atoms with van der Waals surface area (Å²) in [7, 11) is 0. The van der Waals surface area contributed by atoms with E-state index in [1.54, 1.807) is 6.07 Å². The minimum Gasteiger partial charge on any atom is -0.324 e. The molecule has 1 rings (SSSR count). The molecular weight excluding hydrogens is 228 g/mol. The van der Waals surface area contributed by atoms with Crippen LogP contribution in [0.4, 0.5) is 0 Å². The molecule has 13 heavy (non-hydrogen) atoms. The van der Waals surface area contributed by atoms with Gasteiger partial charge in [-0.05, 0) is 18.1 Å². The average molecular weight is 239 g/mol. The third-order valence-corrected chi connectivity index (χ3v) is 3.21. The predicted octanol–water partition coefficient (Wildman–Crippen LogP) is 4.06. The predicted molar refractivity (Wildman–Crippen MR) is 58.7 cm³/mol. The van der Waals surface area contributed by atoms with E-state index in [0.29, 0.717) is 15.1 Å². The van der Waals surface area contributed by atoms with Gasteiger partial charge in [-0.1, -0.05) is 47.8 Å². The maximum absolute atomic E-state index is 5.98. The molecular formula is C9H10Cl3N. The monoisotopic (exact) mass is 237 g/mol. The van der Waals surface area contributed by atoms with Crippen molar-refractivity contribution in [1.29, 1.82) is 0 Å². The van der Waals surface area contributed by atoms with Crippen molar-refractivity contribution in [1.82, 2.24) is 0 Å². The van der Waals surface area contributed by atoms with Crippen molar-refractivity contribution in [3.63, 3.8) is 0 Å². The quantitative estimate of drug-likeness (QED) is 0.773. The maximum atomic E-state index is 5.98. The Bertz CT molecular complexity index is 312. The Labute approximate surface area is 92.8 Å². The van der Waals surface area contributed by atoms with Gasteiger partial charge in [0.05, 0.1) is 15.1 Å². The standard InChI is InChI=1S/C9H10Cl3N/c1-2-7(13)5-3-4-6(10)9(12)8(5)11/h3-4,7H,2,13H2,1H3/t7-/m1/s1. The Balaban J connectivity index is 3.18. The third kappa shape index (κ3) is 2.29. The van der Waals surface area contributed by atoms with Crippen LogP contribution in [-0.2, 0) is 0 Å². The SMILES string of the molecule is CC[C@@H](N)c1ccc(Cl)c(Cl)c1Cl. The molecule has 72 valence electrons. The second-order valence-corrected chi connectivity index (χ2v) is 3.94. The molecule has 0 saturated heterocycles. The number of rotatable bonds is 2. The van der Waals surface area contributed by atoms with E-state index < -0.39 is 0 Å². The number of nitrogens with two attached hydrogens (primary N) is 1. The summed E-state index contributed by atoms with van der Waals surface area (Å²) in [6.07, 6.45) is 0.817. The van der Waals surface area contributed by atoms with Crippen molar-refractivity contribution in [3.05, 3.63) is 32.8 Å². The van der Waals surface area contributed by atoms with E-state index in [2.05, 4.69) is 0 Å². The first-order valence-electron chi connectivity index (χ1n) is 3.96. The Morgan fingerprint density at radius 3 is 2.38 bits per heavy atom. The highest BCUT2D eigenvalue weighted by Crippen LogP contribution is 2.35.